The summed E-state index contributed by atoms with van der Waals surface area (Å²) in [7, 11) is 0. The first-order chi connectivity index (χ1) is 7.00. The highest BCUT2D eigenvalue weighted by Crippen LogP contribution is 2.42. The molecule has 82 valence electrons. The van der Waals surface area contributed by atoms with Gasteiger partial charge in [-0.25, -0.2) is 0 Å². The summed E-state index contributed by atoms with van der Waals surface area (Å²) in [5.41, 5.74) is 0.112. The van der Waals surface area contributed by atoms with Crippen LogP contribution >= 0.6 is 11.6 Å². The second-order valence-corrected chi connectivity index (χ2v) is 3.89. The Bertz CT molecular complexity index is 387. The Balaban J connectivity index is 2.60. The average molecular weight is 236 g/mol. The first-order valence-electron chi connectivity index (χ1n) is 4.62. The predicted molar refractivity (Wildman–Crippen MR) is 53.3 cm³/mol. The number of hydrogen-bond acceptors (Lipinski definition) is 1. The topological polar surface area (TPSA) is 12.0 Å². The third-order valence-corrected chi connectivity index (χ3v) is 2.76. The molecule has 5 heteroatoms. The van der Waals surface area contributed by atoms with Crippen LogP contribution in [0.5, 0.6) is 0 Å². The maximum Gasteiger partial charge on any atom is 0.419 e. The van der Waals surface area contributed by atoms with Gasteiger partial charge in [0.1, 0.15) is 0 Å². The van der Waals surface area contributed by atoms with Crippen molar-refractivity contribution in [2.75, 3.05) is 11.9 Å². The minimum Gasteiger partial charge on any atom is -0.384 e. The molecule has 15 heavy (non-hydrogen) atoms. The van der Waals surface area contributed by atoms with Crippen LogP contribution in [0, 0.1) is 0 Å². The van der Waals surface area contributed by atoms with Gasteiger partial charge >= 0.3 is 6.18 Å². The Morgan fingerprint density at radius 3 is 2.67 bits per heavy atom. The van der Waals surface area contributed by atoms with Gasteiger partial charge in [-0.15, -0.1) is 0 Å². The number of alkyl halides is 3. The summed E-state index contributed by atoms with van der Waals surface area (Å²) >= 11 is 5.59. The lowest BCUT2D eigenvalue weighted by Crippen LogP contribution is -2.18. The smallest absolute Gasteiger partial charge is 0.384 e. The minimum atomic E-state index is -4.40. The van der Waals surface area contributed by atoms with Crippen LogP contribution in [0.15, 0.2) is 12.1 Å². The molecule has 0 saturated heterocycles. The number of benzene rings is 1. The van der Waals surface area contributed by atoms with Gasteiger partial charge in [-0.2, -0.15) is 13.2 Å². The molecule has 0 aliphatic carbocycles. The monoisotopic (exact) mass is 235 g/mol. The molecular formula is C10H9ClF3N. The van der Waals surface area contributed by atoms with E-state index in [4.69, 9.17) is 11.6 Å². The van der Waals surface area contributed by atoms with Crippen molar-refractivity contribution in [2.45, 2.75) is 19.0 Å². The normalized spacial score (nSPS) is 15.7. The molecule has 1 aliphatic rings. The van der Waals surface area contributed by atoms with Crippen LogP contribution < -0.4 is 5.32 Å². The third kappa shape index (κ3) is 1.91. The van der Waals surface area contributed by atoms with Gasteiger partial charge < -0.3 is 5.32 Å². The van der Waals surface area contributed by atoms with Crippen LogP contribution in [0.3, 0.4) is 0 Å². The van der Waals surface area contributed by atoms with Gasteiger partial charge in [0.2, 0.25) is 0 Å². The molecule has 0 saturated carbocycles. The number of anilines is 1. The maximum atomic E-state index is 12.7. The van der Waals surface area contributed by atoms with E-state index in [0.717, 1.165) is 6.42 Å². The van der Waals surface area contributed by atoms with E-state index in [2.05, 4.69) is 5.32 Å². The highest BCUT2D eigenvalue weighted by atomic mass is 35.5. The van der Waals surface area contributed by atoms with Crippen LogP contribution in [0.25, 0.3) is 0 Å². The number of rotatable bonds is 0. The zero-order valence-electron chi connectivity index (χ0n) is 7.79. The van der Waals surface area contributed by atoms with E-state index < -0.39 is 11.7 Å². The zero-order chi connectivity index (χ0) is 11.1. The fourth-order valence-electron chi connectivity index (χ4n) is 1.80. The van der Waals surface area contributed by atoms with E-state index in [0.29, 0.717) is 18.5 Å². The van der Waals surface area contributed by atoms with Gasteiger partial charge in [0, 0.05) is 6.54 Å². The quantitative estimate of drug-likeness (QED) is 0.723. The second kappa shape index (κ2) is 3.59. The molecule has 0 spiro atoms. The number of fused-ring (bicyclic) bond motifs is 1. The molecule has 0 fully saturated rings. The van der Waals surface area contributed by atoms with Crippen molar-refractivity contribution in [1.82, 2.24) is 0 Å². The summed E-state index contributed by atoms with van der Waals surface area (Å²) in [5.74, 6) is 0. The van der Waals surface area contributed by atoms with Crippen molar-refractivity contribution in [3.05, 3.63) is 28.3 Å². The summed E-state index contributed by atoms with van der Waals surface area (Å²) in [5, 5.41) is 2.53. The van der Waals surface area contributed by atoms with E-state index in [1.165, 1.54) is 6.07 Å². The van der Waals surface area contributed by atoms with E-state index in [1.807, 2.05) is 0 Å². The Hall–Kier alpha value is -0.900. The first kappa shape index (κ1) is 10.6. The molecule has 1 aliphatic heterocycles. The van der Waals surface area contributed by atoms with Gasteiger partial charge in [-0.1, -0.05) is 17.7 Å². The van der Waals surface area contributed by atoms with Crippen molar-refractivity contribution in [2.24, 2.45) is 0 Å². The number of hydrogen-bond donors (Lipinski definition) is 1. The van der Waals surface area contributed by atoms with E-state index in [9.17, 15) is 13.2 Å². The predicted octanol–water partition coefficient (Wildman–Crippen LogP) is 3.72. The van der Waals surface area contributed by atoms with Crippen molar-refractivity contribution >= 4 is 17.3 Å². The summed E-state index contributed by atoms with van der Waals surface area (Å²) in [6.45, 7) is 0.566. The second-order valence-electron chi connectivity index (χ2n) is 3.48. The molecule has 1 aromatic carbocycles. The Labute approximate surface area is 90.2 Å². The van der Waals surface area contributed by atoms with E-state index in [1.54, 1.807) is 6.07 Å². The molecule has 0 unspecified atom stereocenters. The maximum absolute atomic E-state index is 12.7. The number of nitrogens with one attached hydrogen (secondary N) is 1. The van der Waals surface area contributed by atoms with Gasteiger partial charge in [0.25, 0.3) is 0 Å². The van der Waals surface area contributed by atoms with Gasteiger partial charge in [-0.05, 0) is 24.5 Å². The molecule has 1 nitrogen and oxygen atoms in total. The van der Waals surface area contributed by atoms with Crippen molar-refractivity contribution in [3.63, 3.8) is 0 Å². The van der Waals surface area contributed by atoms with Crippen LogP contribution in [-0.2, 0) is 12.6 Å². The highest BCUT2D eigenvalue weighted by molar-refractivity contribution is 6.31. The zero-order valence-corrected chi connectivity index (χ0v) is 8.54. The Kier molecular flexibility index (Phi) is 2.54. The molecule has 1 aromatic rings. The Morgan fingerprint density at radius 2 is 2.00 bits per heavy atom. The largest absolute Gasteiger partial charge is 0.419 e. The molecule has 0 radical (unpaired) electrons. The lowest BCUT2D eigenvalue weighted by molar-refractivity contribution is -0.136. The van der Waals surface area contributed by atoms with Gasteiger partial charge in [0.15, 0.2) is 0 Å². The third-order valence-electron chi connectivity index (χ3n) is 2.45. The highest BCUT2D eigenvalue weighted by Gasteiger charge is 2.37. The molecular weight excluding hydrogens is 227 g/mol. The lowest BCUT2D eigenvalue weighted by atomic mass is 9.99. The molecule has 1 N–H and O–H groups in total. The van der Waals surface area contributed by atoms with E-state index in [-0.39, 0.29) is 10.7 Å². The van der Waals surface area contributed by atoms with Crippen molar-refractivity contribution < 1.29 is 13.2 Å². The molecule has 0 aromatic heterocycles. The van der Waals surface area contributed by atoms with Crippen LogP contribution in [0.2, 0.25) is 5.02 Å². The standard InChI is InChI=1S/C10H9ClF3N/c11-7-4-3-6-2-1-5-15-9(6)8(7)10(12,13)14/h3-4,15H,1-2,5H2. The lowest BCUT2D eigenvalue weighted by Gasteiger charge is -2.23. The molecule has 0 bridgehead atoms. The first-order valence-corrected chi connectivity index (χ1v) is 5.00. The van der Waals surface area contributed by atoms with Crippen LogP contribution in [-0.4, -0.2) is 6.54 Å². The molecule has 2 rings (SSSR count). The van der Waals surface area contributed by atoms with Crippen molar-refractivity contribution in [3.8, 4) is 0 Å². The SMILES string of the molecule is FC(F)(F)c1c(Cl)ccc2c1NCCC2. The summed E-state index contributed by atoms with van der Waals surface area (Å²) in [4.78, 5) is 0. The van der Waals surface area contributed by atoms with Crippen molar-refractivity contribution in [1.29, 1.82) is 0 Å². The summed E-state index contributed by atoms with van der Waals surface area (Å²) in [6.07, 6.45) is -2.87. The fraction of sp³-hybridized carbons (Fsp3) is 0.400. The number of aryl methyl sites for hydroxylation is 1. The average Bonchev–Trinajstić information content (AvgIpc) is 2.15. The van der Waals surface area contributed by atoms with Crippen LogP contribution in [0.4, 0.5) is 18.9 Å². The molecule has 0 atom stereocenters. The van der Waals surface area contributed by atoms with E-state index >= 15 is 0 Å². The minimum absolute atomic E-state index is 0.154. The number of halogens is 4. The Morgan fingerprint density at radius 1 is 1.27 bits per heavy atom. The summed E-state index contributed by atoms with van der Waals surface area (Å²) in [6, 6.07) is 2.97. The van der Waals surface area contributed by atoms with Gasteiger partial charge in [0.05, 0.1) is 16.3 Å². The molecule has 0 amide bonds. The van der Waals surface area contributed by atoms with Crippen LogP contribution in [0.1, 0.15) is 17.5 Å². The summed E-state index contributed by atoms with van der Waals surface area (Å²) < 4.78 is 38.1. The fourth-order valence-corrected chi connectivity index (χ4v) is 2.06. The van der Waals surface area contributed by atoms with Gasteiger partial charge in [-0.3, -0.25) is 0 Å². The molecule has 1 heterocycles.